The molecule has 0 saturated carbocycles. The quantitative estimate of drug-likeness (QED) is 0.237. The minimum Gasteiger partial charge on any atom is -0.457 e. The number of oxazole rings is 1. The summed E-state index contributed by atoms with van der Waals surface area (Å²) < 4.78 is 11.8. The Kier molecular flexibility index (Phi) is 6.44. The molecule has 5 aromatic rings. The van der Waals surface area contributed by atoms with Crippen molar-refractivity contribution in [1.29, 1.82) is 0 Å². The van der Waals surface area contributed by atoms with Crippen molar-refractivity contribution >= 4 is 52.0 Å². The predicted molar refractivity (Wildman–Crippen MR) is 145 cm³/mol. The maximum Gasteiger partial charge on any atom is 0.248 e. The van der Waals surface area contributed by atoms with Gasteiger partial charge in [-0.05, 0) is 86.0 Å². The minimum atomic E-state index is -0.352. The summed E-state index contributed by atoms with van der Waals surface area (Å²) in [7, 11) is 0. The fraction of sp³-hybridized carbons (Fsp3) is 0.103. The zero-order valence-electron chi connectivity index (χ0n) is 19.9. The Labute approximate surface area is 218 Å². The fourth-order valence-electron chi connectivity index (χ4n) is 3.93. The number of benzene rings is 3. The zero-order chi connectivity index (χ0) is 25.4. The average Bonchev–Trinajstić information content (AvgIpc) is 3.48. The van der Waals surface area contributed by atoms with Crippen LogP contribution in [0.3, 0.4) is 0 Å². The highest BCUT2D eigenvalue weighted by Gasteiger charge is 2.13. The van der Waals surface area contributed by atoms with Crippen LogP contribution >= 0.6 is 23.2 Å². The molecule has 2 aromatic heterocycles. The summed E-state index contributed by atoms with van der Waals surface area (Å²) in [6.45, 7) is 5.95. The number of anilines is 1. The van der Waals surface area contributed by atoms with Crippen LogP contribution in [0.4, 0.5) is 5.69 Å². The van der Waals surface area contributed by atoms with Gasteiger partial charge in [-0.3, -0.25) is 4.79 Å². The molecule has 36 heavy (non-hydrogen) atoms. The summed E-state index contributed by atoms with van der Waals surface area (Å²) >= 11 is 12.6. The van der Waals surface area contributed by atoms with Crippen molar-refractivity contribution in [3.63, 3.8) is 0 Å². The highest BCUT2D eigenvalue weighted by molar-refractivity contribution is 6.34. The van der Waals surface area contributed by atoms with Crippen molar-refractivity contribution in [1.82, 2.24) is 4.98 Å². The molecule has 7 heteroatoms. The first-order valence-electron chi connectivity index (χ1n) is 11.3. The Morgan fingerprint density at radius 1 is 0.861 bits per heavy atom. The lowest BCUT2D eigenvalue weighted by Gasteiger charge is -2.06. The first-order valence-corrected chi connectivity index (χ1v) is 12.1. The van der Waals surface area contributed by atoms with Crippen LogP contribution in [-0.4, -0.2) is 10.9 Å². The molecule has 2 heterocycles. The van der Waals surface area contributed by atoms with Gasteiger partial charge in [0.1, 0.15) is 17.0 Å². The molecule has 5 nitrogen and oxygen atoms in total. The molecule has 5 rings (SSSR count). The van der Waals surface area contributed by atoms with Gasteiger partial charge in [-0.2, -0.15) is 0 Å². The summed E-state index contributed by atoms with van der Waals surface area (Å²) in [4.78, 5) is 17.2. The Bertz CT molecular complexity index is 1650. The highest BCUT2D eigenvalue weighted by atomic mass is 35.5. The number of fused-ring (bicyclic) bond motifs is 1. The standard InChI is InChI=1S/C29H22Cl2N2O3/c1-16-12-18(3)28-25(13-16)33-29(36-28)20-6-9-22(30)24(15-20)32-27(34)11-8-21-7-10-26(35-21)19-5-4-17(2)23(31)14-19/h4-15H,1-3H3,(H,32,34)/b11-8+. The maximum absolute atomic E-state index is 12.6. The van der Waals surface area contributed by atoms with Crippen LogP contribution < -0.4 is 5.32 Å². The normalized spacial score (nSPS) is 11.5. The smallest absolute Gasteiger partial charge is 0.248 e. The monoisotopic (exact) mass is 516 g/mol. The van der Waals surface area contributed by atoms with E-state index in [1.54, 1.807) is 24.3 Å². The second-order valence-corrected chi connectivity index (χ2v) is 9.45. The van der Waals surface area contributed by atoms with E-state index in [4.69, 9.17) is 32.0 Å². The van der Waals surface area contributed by atoms with Crippen LogP contribution in [0.2, 0.25) is 10.0 Å². The van der Waals surface area contributed by atoms with E-state index >= 15 is 0 Å². The van der Waals surface area contributed by atoms with Gasteiger partial charge in [-0.25, -0.2) is 4.98 Å². The lowest BCUT2D eigenvalue weighted by atomic mass is 10.1. The van der Waals surface area contributed by atoms with Crippen molar-refractivity contribution in [2.75, 3.05) is 5.32 Å². The van der Waals surface area contributed by atoms with E-state index in [1.807, 2.05) is 57.2 Å². The number of furan rings is 1. The lowest BCUT2D eigenvalue weighted by molar-refractivity contribution is -0.111. The highest BCUT2D eigenvalue weighted by Crippen LogP contribution is 2.32. The van der Waals surface area contributed by atoms with Crippen molar-refractivity contribution in [2.45, 2.75) is 20.8 Å². The number of aryl methyl sites for hydroxylation is 3. The van der Waals surface area contributed by atoms with E-state index in [0.29, 0.717) is 38.7 Å². The Hall–Kier alpha value is -3.80. The van der Waals surface area contributed by atoms with E-state index in [-0.39, 0.29) is 5.91 Å². The third-order valence-corrected chi connectivity index (χ3v) is 6.51. The van der Waals surface area contributed by atoms with Gasteiger partial charge in [0.15, 0.2) is 5.58 Å². The second-order valence-electron chi connectivity index (χ2n) is 8.63. The van der Waals surface area contributed by atoms with Gasteiger partial charge in [-0.1, -0.05) is 41.4 Å². The Morgan fingerprint density at radius 3 is 2.47 bits per heavy atom. The number of nitrogens with one attached hydrogen (secondary N) is 1. The minimum absolute atomic E-state index is 0.352. The number of carbonyl (C=O) groups excluding carboxylic acids is 1. The second kappa shape index (κ2) is 9.69. The fourth-order valence-corrected chi connectivity index (χ4v) is 4.28. The van der Waals surface area contributed by atoms with Crippen LogP contribution in [0.5, 0.6) is 0 Å². The van der Waals surface area contributed by atoms with Gasteiger partial charge in [0.2, 0.25) is 11.8 Å². The van der Waals surface area contributed by atoms with Crippen LogP contribution in [0.25, 0.3) is 40.0 Å². The van der Waals surface area contributed by atoms with Gasteiger partial charge in [-0.15, -0.1) is 0 Å². The molecule has 1 amide bonds. The van der Waals surface area contributed by atoms with E-state index in [9.17, 15) is 4.79 Å². The Balaban J connectivity index is 1.33. The zero-order valence-corrected chi connectivity index (χ0v) is 21.4. The lowest BCUT2D eigenvalue weighted by Crippen LogP contribution is -2.08. The number of halogens is 2. The van der Waals surface area contributed by atoms with Crippen molar-refractivity contribution < 1.29 is 13.6 Å². The molecule has 0 unspecified atom stereocenters. The van der Waals surface area contributed by atoms with E-state index < -0.39 is 0 Å². The van der Waals surface area contributed by atoms with Gasteiger partial charge in [0.05, 0.1) is 10.7 Å². The van der Waals surface area contributed by atoms with E-state index in [0.717, 1.165) is 33.4 Å². The maximum atomic E-state index is 12.6. The third-order valence-electron chi connectivity index (χ3n) is 5.77. The number of amides is 1. The molecular weight excluding hydrogens is 495 g/mol. The molecule has 0 fully saturated rings. The molecule has 0 saturated heterocycles. The predicted octanol–water partition coefficient (Wildman–Crippen LogP) is 8.64. The molecule has 0 bridgehead atoms. The summed E-state index contributed by atoms with van der Waals surface area (Å²) in [6, 6.07) is 18.6. The van der Waals surface area contributed by atoms with Crippen LogP contribution in [-0.2, 0) is 4.79 Å². The average molecular weight is 517 g/mol. The first-order chi connectivity index (χ1) is 17.3. The molecule has 0 aliphatic heterocycles. The molecule has 0 radical (unpaired) electrons. The van der Waals surface area contributed by atoms with Gasteiger partial charge >= 0.3 is 0 Å². The number of aromatic nitrogens is 1. The number of rotatable bonds is 5. The van der Waals surface area contributed by atoms with E-state index in [1.165, 1.54) is 6.08 Å². The van der Waals surface area contributed by atoms with Crippen LogP contribution in [0.1, 0.15) is 22.5 Å². The van der Waals surface area contributed by atoms with Crippen molar-refractivity contribution in [2.24, 2.45) is 0 Å². The van der Waals surface area contributed by atoms with Gasteiger partial charge in [0, 0.05) is 22.2 Å². The van der Waals surface area contributed by atoms with E-state index in [2.05, 4.69) is 16.4 Å². The summed E-state index contributed by atoms with van der Waals surface area (Å²) in [5, 5.41) is 3.88. The number of hydrogen-bond acceptors (Lipinski definition) is 4. The first kappa shape index (κ1) is 23.9. The molecule has 0 aliphatic carbocycles. The van der Waals surface area contributed by atoms with Gasteiger partial charge < -0.3 is 14.2 Å². The largest absolute Gasteiger partial charge is 0.457 e. The van der Waals surface area contributed by atoms with Crippen LogP contribution in [0, 0.1) is 20.8 Å². The van der Waals surface area contributed by atoms with Crippen molar-refractivity contribution in [3.05, 3.63) is 99.2 Å². The molecular formula is C29H22Cl2N2O3. The van der Waals surface area contributed by atoms with Gasteiger partial charge in [0.25, 0.3) is 0 Å². The Morgan fingerprint density at radius 2 is 1.67 bits per heavy atom. The number of carbonyl (C=O) groups is 1. The summed E-state index contributed by atoms with van der Waals surface area (Å²) in [6.07, 6.45) is 2.98. The van der Waals surface area contributed by atoms with Crippen molar-refractivity contribution in [3.8, 4) is 22.8 Å². The van der Waals surface area contributed by atoms with Crippen LogP contribution in [0.15, 0.2) is 75.6 Å². The summed E-state index contributed by atoms with van der Waals surface area (Å²) in [5.74, 6) is 1.31. The molecule has 1 N–H and O–H groups in total. The molecule has 180 valence electrons. The molecule has 3 aromatic carbocycles. The molecule has 0 aliphatic rings. The molecule has 0 spiro atoms. The topological polar surface area (TPSA) is 68.3 Å². The number of hydrogen-bond donors (Lipinski definition) is 1. The molecule has 0 atom stereocenters. The SMILES string of the molecule is Cc1cc(C)c2oc(-c3ccc(Cl)c(NC(=O)/C=C/c4ccc(-c5ccc(C)c(Cl)c5)o4)c3)nc2c1. The summed E-state index contributed by atoms with van der Waals surface area (Å²) in [5.41, 5.74) is 6.68. The third kappa shape index (κ3) is 4.94. The number of nitrogens with zero attached hydrogens (tertiary/aromatic N) is 1.